The van der Waals surface area contributed by atoms with Gasteiger partial charge in [-0.2, -0.15) is 0 Å². The van der Waals surface area contributed by atoms with Crippen LogP contribution in [0.4, 0.5) is 17.1 Å². The molecule has 9 nitrogen and oxygen atoms in total. The number of rotatable bonds is 7. The summed E-state index contributed by atoms with van der Waals surface area (Å²) in [5, 5.41) is 10.8. The first-order valence-electron chi connectivity index (χ1n) is 8.54. The van der Waals surface area contributed by atoms with Crippen LogP contribution in [-0.2, 0) is 20.0 Å². The molecule has 11 heteroatoms. The first-order chi connectivity index (χ1) is 14.1. The van der Waals surface area contributed by atoms with Gasteiger partial charge in [0, 0.05) is 23.5 Å². The number of nitro groups is 1. The van der Waals surface area contributed by atoms with Gasteiger partial charge in [0.2, 0.25) is 0 Å². The van der Waals surface area contributed by atoms with Crippen molar-refractivity contribution in [2.45, 2.75) is 16.7 Å². The third-order valence-electron chi connectivity index (χ3n) is 4.06. The fourth-order valence-electron chi connectivity index (χ4n) is 2.52. The average Bonchev–Trinajstić information content (AvgIpc) is 2.69. The Morgan fingerprint density at radius 1 is 0.733 bits per heavy atom. The molecule has 0 spiro atoms. The van der Waals surface area contributed by atoms with Gasteiger partial charge in [0.25, 0.3) is 25.7 Å². The van der Waals surface area contributed by atoms with Crippen molar-refractivity contribution in [3.05, 3.63) is 88.5 Å². The predicted octanol–water partition coefficient (Wildman–Crippen LogP) is 3.50. The number of anilines is 2. The lowest BCUT2D eigenvalue weighted by Crippen LogP contribution is -2.14. The summed E-state index contributed by atoms with van der Waals surface area (Å²) in [5.74, 6) is 0. The second-order valence-corrected chi connectivity index (χ2v) is 9.72. The third kappa shape index (κ3) is 4.93. The molecule has 30 heavy (non-hydrogen) atoms. The maximum absolute atomic E-state index is 12.5. The lowest BCUT2D eigenvalue weighted by molar-refractivity contribution is -0.385. The molecule has 3 rings (SSSR count). The van der Waals surface area contributed by atoms with Crippen LogP contribution in [0.15, 0.2) is 82.6 Å². The molecule has 0 atom stereocenters. The zero-order chi connectivity index (χ0) is 21.9. The fraction of sp³-hybridized carbons (Fsp3) is 0.0526. The van der Waals surface area contributed by atoms with Crippen molar-refractivity contribution in [2.75, 3.05) is 9.44 Å². The van der Waals surface area contributed by atoms with Crippen molar-refractivity contribution in [3.63, 3.8) is 0 Å². The van der Waals surface area contributed by atoms with Gasteiger partial charge in [-0.25, -0.2) is 16.8 Å². The summed E-state index contributed by atoms with van der Waals surface area (Å²) < 4.78 is 54.5. The van der Waals surface area contributed by atoms with Crippen LogP contribution in [0.3, 0.4) is 0 Å². The molecular formula is C19H17N3O6S2. The number of nitrogens with one attached hydrogen (secondary N) is 2. The Balaban J connectivity index is 1.76. The molecule has 0 fully saturated rings. The van der Waals surface area contributed by atoms with E-state index in [0.717, 1.165) is 11.6 Å². The van der Waals surface area contributed by atoms with Crippen LogP contribution in [0.1, 0.15) is 5.56 Å². The van der Waals surface area contributed by atoms with Gasteiger partial charge in [0.15, 0.2) is 0 Å². The predicted molar refractivity (Wildman–Crippen MR) is 112 cm³/mol. The second kappa shape index (κ2) is 8.13. The molecule has 0 aromatic heterocycles. The molecule has 0 heterocycles. The van der Waals surface area contributed by atoms with Crippen molar-refractivity contribution in [1.82, 2.24) is 0 Å². The molecule has 0 saturated heterocycles. The zero-order valence-corrected chi connectivity index (χ0v) is 17.3. The Kier molecular flexibility index (Phi) is 5.76. The van der Waals surface area contributed by atoms with Gasteiger partial charge in [0.05, 0.1) is 14.7 Å². The number of nitrogens with zero attached hydrogens (tertiary/aromatic N) is 1. The highest BCUT2D eigenvalue weighted by Crippen LogP contribution is 2.23. The zero-order valence-electron chi connectivity index (χ0n) is 15.6. The summed E-state index contributed by atoms with van der Waals surface area (Å²) in [6.45, 7) is 1.84. The van der Waals surface area contributed by atoms with Crippen molar-refractivity contribution in [2.24, 2.45) is 0 Å². The molecule has 0 bridgehead atoms. The van der Waals surface area contributed by atoms with Crippen molar-refractivity contribution in [3.8, 4) is 0 Å². The summed E-state index contributed by atoms with van der Waals surface area (Å²) in [5.41, 5.74) is 0.988. The van der Waals surface area contributed by atoms with E-state index >= 15 is 0 Å². The minimum Gasteiger partial charge on any atom is -0.280 e. The number of hydrogen-bond donors (Lipinski definition) is 2. The van der Waals surface area contributed by atoms with Crippen molar-refractivity contribution < 1.29 is 21.8 Å². The van der Waals surface area contributed by atoms with E-state index in [0.29, 0.717) is 0 Å². The summed E-state index contributed by atoms with van der Waals surface area (Å²) in [7, 11) is -7.84. The monoisotopic (exact) mass is 447 g/mol. The molecule has 0 radical (unpaired) electrons. The number of nitro benzene ring substituents is 1. The van der Waals surface area contributed by atoms with Gasteiger partial charge >= 0.3 is 0 Å². The molecule has 0 aliphatic rings. The van der Waals surface area contributed by atoms with E-state index in [1.54, 1.807) is 12.1 Å². The highest BCUT2D eigenvalue weighted by atomic mass is 32.2. The Morgan fingerprint density at radius 2 is 1.23 bits per heavy atom. The molecule has 0 aliphatic heterocycles. The lowest BCUT2D eigenvalue weighted by atomic mass is 10.2. The minimum atomic E-state index is -4.06. The number of non-ortho nitro benzene ring substituents is 1. The van der Waals surface area contributed by atoms with Crippen LogP contribution >= 0.6 is 0 Å². The molecule has 2 N–H and O–H groups in total. The molecule has 3 aromatic rings. The quantitative estimate of drug-likeness (QED) is 0.420. The van der Waals surface area contributed by atoms with E-state index in [4.69, 9.17) is 0 Å². The van der Waals surface area contributed by atoms with Crippen molar-refractivity contribution in [1.29, 1.82) is 0 Å². The van der Waals surface area contributed by atoms with E-state index in [-0.39, 0.29) is 26.9 Å². The SMILES string of the molecule is Cc1ccc(S(=O)(=O)Nc2ccc(NS(=O)(=O)c3cccc([N+](=O)[O-])c3)cc2)cc1. The van der Waals surface area contributed by atoms with Crippen LogP contribution < -0.4 is 9.44 Å². The Hall–Kier alpha value is -3.44. The topological polar surface area (TPSA) is 135 Å². The fourth-order valence-corrected chi connectivity index (χ4v) is 4.67. The first kappa shape index (κ1) is 21.3. The second-order valence-electron chi connectivity index (χ2n) is 6.36. The highest BCUT2D eigenvalue weighted by Gasteiger charge is 2.18. The van der Waals surface area contributed by atoms with Gasteiger partial charge in [-0.15, -0.1) is 0 Å². The smallest absolute Gasteiger partial charge is 0.270 e. The number of benzene rings is 3. The van der Waals surface area contributed by atoms with Gasteiger partial charge < -0.3 is 0 Å². The van der Waals surface area contributed by atoms with E-state index in [2.05, 4.69) is 9.44 Å². The highest BCUT2D eigenvalue weighted by molar-refractivity contribution is 7.93. The molecule has 0 amide bonds. The van der Waals surface area contributed by atoms with Crippen LogP contribution in [0.5, 0.6) is 0 Å². The summed E-state index contributed by atoms with van der Waals surface area (Å²) in [4.78, 5) is 9.99. The number of aryl methyl sites for hydroxylation is 1. The van der Waals surface area contributed by atoms with Gasteiger partial charge in [-0.3, -0.25) is 19.6 Å². The molecule has 0 saturated carbocycles. The average molecular weight is 447 g/mol. The van der Waals surface area contributed by atoms with E-state index in [9.17, 15) is 26.9 Å². The summed E-state index contributed by atoms with van der Waals surface area (Å²) in [6, 6.07) is 16.5. The maximum atomic E-state index is 12.5. The first-order valence-corrected chi connectivity index (χ1v) is 11.5. The molecular weight excluding hydrogens is 430 g/mol. The Labute approximate surface area is 173 Å². The van der Waals surface area contributed by atoms with Crippen LogP contribution in [0, 0.1) is 17.0 Å². The molecule has 3 aromatic carbocycles. The van der Waals surface area contributed by atoms with E-state index < -0.39 is 25.0 Å². The molecule has 0 aliphatic carbocycles. The largest absolute Gasteiger partial charge is 0.280 e. The molecule has 0 unspecified atom stereocenters. The van der Waals surface area contributed by atoms with Crippen LogP contribution in [-0.4, -0.2) is 21.8 Å². The third-order valence-corrected chi connectivity index (χ3v) is 6.84. The minimum absolute atomic E-state index is 0.101. The van der Waals surface area contributed by atoms with Crippen molar-refractivity contribution >= 4 is 37.1 Å². The van der Waals surface area contributed by atoms with Gasteiger partial charge in [0.1, 0.15) is 0 Å². The summed E-state index contributed by atoms with van der Waals surface area (Å²) in [6.07, 6.45) is 0. The van der Waals surface area contributed by atoms with E-state index in [1.165, 1.54) is 54.6 Å². The summed E-state index contributed by atoms with van der Waals surface area (Å²) >= 11 is 0. The lowest BCUT2D eigenvalue weighted by Gasteiger charge is -2.11. The molecule has 156 valence electrons. The normalized spacial score (nSPS) is 11.6. The van der Waals surface area contributed by atoms with Gasteiger partial charge in [-0.05, 0) is 49.4 Å². The van der Waals surface area contributed by atoms with Crippen LogP contribution in [0.25, 0.3) is 0 Å². The Morgan fingerprint density at radius 3 is 1.73 bits per heavy atom. The Bertz CT molecular complexity index is 1290. The standard InChI is InChI=1S/C19H17N3O6S2/c1-14-5-11-18(12-6-14)29(25,26)20-15-7-9-16(10-8-15)21-30(27,28)19-4-2-3-17(13-19)22(23)24/h2-13,20-21H,1H3. The number of sulfonamides is 2. The maximum Gasteiger partial charge on any atom is 0.270 e. The van der Waals surface area contributed by atoms with E-state index in [1.807, 2.05) is 6.92 Å². The number of hydrogen-bond acceptors (Lipinski definition) is 6. The van der Waals surface area contributed by atoms with Crippen LogP contribution in [0.2, 0.25) is 0 Å². The van der Waals surface area contributed by atoms with Gasteiger partial charge in [-0.1, -0.05) is 23.8 Å².